The maximum Gasteiger partial charge on any atom is 0.162 e. The molecule has 2 aromatic carbocycles. The second-order valence-corrected chi connectivity index (χ2v) is 3.87. The van der Waals surface area contributed by atoms with E-state index in [1.54, 1.807) is 18.2 Å². The van der Waals surface area contributed by atoms with E-state index >= 15 is 0 Å². The van der Waals surface area contributed by atoms with Gasteiger partial charge in [0, 0.05) is 12.1 Å². The molecule has 0 radical (unpaired) electrons. The molecule has 0 aliphatic rings. The molecular formula is C14H15NO3. The van der Waals surface area contributed by atoms with Crippen molar-refractivity contribution in [1.82, 2.24) is 5.48 Å². The summed E-state index contributed by atoms with van der Waals surface area (Å²) in [4.78, 5) is 0. The maximum atomic E-state index is 9.92. The Morgan fingerprint density at radius 3 is 2.50 bits per heavy atom. The van der Waals surface area contributed by atoms with E-state index in [1.165, 1.54) is 0 Å². The minimum atomic E-state index is 0.0509. The number of aromatic hydroxyl groups is 1. The SMILES string of the molecule is ONCc1cccc(OCc2ccccc2)c1O. The number of benzene rings is 2. The predicted octanol–water partition coefficient (Wildman–Crippen LogP) is 2.45. The topological polar surface area (TPSA) is 61.7 Å². The van der Waals surface area contributed by atoms with Gasteiger partial charge in [0.15, 0.2) is 11.5 Å². The molecule has 0 bridgehead atoms. The van der Waals surface area contributed by atoms with Crippen LogP contribution in [0.4, 0.5) is 0 Å². The van der Waals surface area contributed by atoms with Gasteiger partial charge in [-0.15, -0.1) is 0 Å². The van der Waals surface area contributed by atoms with E-state index in [4.69, 9.17) is 9.94 Å². The Morgan fingerprint density at radius 1 is 1.00 bits per heavy atom. The highest BCUT2D eigenvalue weighted by Crippen LogP contribution is 2.30. The fourth-order valence-electron chi connectivity index (χ4n) is 1.65. The highest BCUT2D eigenvalue weighted by atomic mass is 16.5. The van der Waals surface area contributed by atoms with Crippen molar-refractivity contribution in [3.8, 4) is 11.5 Å². The minimum absolute atomic E-state index is 0.0509. The van der Waals surface area contributed by atoms with Crippen molar-refractivity contribution >= 4 is 0 Å². The van der Waals surface area contributed by atoms with Gasteiger partial charge in [0.1, 0.15) is 6.61 Å². The lowest BCUT2D eigenvalue weighted by atomic mass is 10.2. The molecule has 4 nitrogen and oxygen atoms in total. The quantitative estimate of drug-likeness (QED) is 0.708. The molecular weight excluding hydrogens is 230 g/mol. The molecule has 0 heterocycles. The first-order valence-electron chi connectivity index (χ1n) is 5.66. The van der Waals surface area contributed by atoms with Gasteiger partial charge in [-0.2, -0.15) is 0 Å². The number of ether oxygens (including phenoxy) is 1. The average molecular weight is 245 g/mol. The van der Waals surface area contributed by atoms with Gasteiger partial charge in [-0.3, -0.25) is 0 Å². The number of nitrogens with one attached hydrogen (secondary N) is 1. The molecule has 0 fully saturated rings. The first kappa shape index (κ1) is 12.4. The third kappa shape index (κ3) is 3.00. The third-order valence-electron chi connectivity index (χ3n) is 2.59. The Balaban J connectivity index is 2.08. The van der Waals surface area contributed by atoms with Crippen LogP contribution in [0.1, 0.15) is 11.1 Å². The lowest BCUT2D eigenvalue weighted by Crippen LogP contribution is -2.06. The maximum absolute atomic E-state index is 9.92. The Morgan fingerprint density at radius 2 is 1.78 bits per heavy atom. The van der Waals surface area contributed by atoms with Crippen molar-refractivity contribution in [3.63, 3.8) is 0 Å². The van der Waals surface area contributed by atoms with Crippen LogP contribution in [0, 0.1) is 0 Å². The van der Waals surface area contributed by atoms with E-state index in [9.17, 15) is 5.11 Å². The number of hydrogen-bond donors (Lipinski definition) is 3. The van der Waals surface area contributed by atoms with Gasteiger partial charge in [0.05, 0.1) is 0 Å². The van der Waals surface area contributed by atoms with Crippen molar-refractivity contribution in [3.05, 3.63) is 59.7 Å². The summed E-state index contributed by atoms with van der Waals surface area (Å²) < 4.78 is 5.55. The second kappa shape index (κ2) is 6.05. The van der Waals surface area contributed by atoms with E-state index in [-0.39, 0.29) is 12.3 Å². The fraction of sp³-hybridized carbons (Fsp3) is 0.143. The van der Waals surface area contributed by atoms with Crippen LogP contribution in [0.5, 0.6) is 11.5 Å². The first-order chi connectivity index (χ1) is 8.81. The van der Waals surface area contributed by atoms with E-state index in [2.05, 4.69) is 0 Å². The molecule has 0 aliphatic carbocycles. The highest BCUT2D eigenvalue weighted by molar-refractivity contribution is 5.45. The summed E-state index contributed by atoms with van der Waals surface area (Å²) in [5.74, 6) is 0.460. The fourth-order valence-corrected chi connectivity index (χ4v) is 1.65. The normalized spacial score (nSPS) is 10.3. The molecule has 0 spiro atoms. The lowest BCUT2D eigenvalue weighted by Gasteiger charge is -2.10. The standard InChI is InChI=1S/C14H15NO3/c16-14-12(9-15-17)7-4-8-13(14)18-10-11-5-2-1-3-6-11/h1-8,15-17H,9-10H2. The molecule has 0 aliphatic heterocycles. The zero-order valence-electron chi connectivity index (χ0n) is 9.84. The van der Waals surface area contributed by atoms with Crippen LogP contribution in [0.25, 0.3) is 0 Å². The van der Waals surface area contributed by atoms with Crippen LogP contribution in [-0.2, 0) is 13.2 Å². The van der Waals surface area contributed by atoms with Gasteiger partial charge >= 0.3 is 0 Å². The van der Waals surface area contributed by atoms with Crippen molar-refractivity contribution < 1.29 is 15.1 Å². The Hall–Kier alpha value is -2.04. The average Bonchev–Trinajstić information content (AvgIpc) is 2.41. The molecule has 0 aromatic heterocycles. The van der Waals surface area contributed by atoms with E-state index in [0.29, 0.717) is 17.9 Å². The smallest absolute Gasteiger partial charge is 0.162 e. The first-order valence-corrected chi connectivity index (χ1v) is 5.66. The van der Waals surface area contributed by atoms with Crippen molar-refractivity contribution in [2.24, 2.45) is 0 Å². The Labute approximate surface area is 105 Å². The van der Waals surface area contributed by atoms with Crippen LogP contribution in [0.15, 0.2) is 48.5 Å². The minimum Gasteiger partial charge on any atom is -0.504 e. The molecule has 2 aromatic rings. The molecule has 4 heteroatoms. The van der Waals surface area contributed by atoms with Gasteiger partial charge in [0.2, 0.25) is 0 Å². The van der Waals surface area contributed by atoms with Gasteiger partial charge < -0.3 is 15.1 Å². The Bertz CT molecular complexity index is 500. The summed E-state index contributed by atoms with van der Waals surface area (Å²) in [5, 5.41) is 18.6. The Kier molecular flexibility index (Phi) is 4.17. The van der Waals surface area contributed by atoms with Gasteiger partial charge in [-0.25, -0.2) is 5.48 Å². The zero-order chi connectivity index (χ0) is 12.8. The number of hydrogen-bond acceptors (Lipinski definition) is 4. The zero-order valence-corrected chi connectivity index (χ0v) is 9.84. The summed E-state index contributed by atoms with van der Waals surface area (Å²) in [6, 6.07) is 14.9. The van der Waals surface area contributed by atoms with E-state index in [0.717, 1.165) is 5.56 Å². The largest absolute Gasteiger partial charge is 0.504 e. The van der Waals surface area contributed by atoms with Gasteiger partial charge in [-0.05, 0) is 11.6 Å². The summed E-state index contributed by atoms with van der Waals surface area (Å²) >= 11 is 0. The van der Waals surface area contributed by atoms with Crippen LogP contribution in [0.3, 0.4) is 0 Å². The van der Waals surface area contributed by atoms with Gasteiger partial charge in [-0.1, -0.05) is 42.5 Å². The molecule has 3 N–H and O–H groups in total. The molecule has 0 saturated heterocycles. The van der Waals surface area contributed by atoms with E-state index < -0.39 is 0 Å². The molecule has 0 atom stereocenters. The number of hydroxylamine groups is 1. The van der Waals surface area contributed by atoms with Crippen LogP contribution in [-0.4, -0.2) is 10.3 Å². The lowest BCUT2D eigenvalue weighted by molar-refractivity contribution is 0.160. The third-order valence-corrected chi connectivity index (χ3v) is 2.59. The number of para-hydroxylation sites is 1. The predicted molar refractivity (Wildman–Crippen MR) is 67.5 cm³/mol. The molecule has 0 unspecified atom stereocenters. The van der Waals surface area contributed by atoms with Gasteiger partial charge in [0.25, 0.3) is 0 Å². The second-order valence-electron chi connectivity index (χ2n) is 3.87. The monoisotopic (exact) mass is 245 g/mol. The van der Waals surface area contributed by atoms with E-state index in [1.807, 2.05) is 35.8 Å². The highest BCUT2D eigenvalue weighted by Gasteiger charge is 2.07. The summed E-state index contributed by atoms with van der Waals surface area (Å²) in [6.45, 7) is 0.568. The summed E-state index contributed by atoms with van der Waals surface area (Å²) in [6.07, 6.45) is 0. The molecule has 0 saturated carbocycles. The van der Waals surface area contributed by atoms with Crippen molar-refractivity contribution in [2.45, 2.75) is 13.2 Å². The van der Waals surface area contributed by atoms with Crippen LogP contribution >= 0.6 is 0 Å². The molecule has 18 heavy (non-hydrogen) atoms. The van der Waals surface area contributed by atoms with Crippen molar-refractivity contribution in [2.75, 3.05) is 0 Å². The summed E-state index contributed by atoms with van der Waals surface area (Å²) in [7, 11) is 0. The number of phenols is 1. The summed E-state index contributed by atoms with van der Waals surface area (Å²) in [5.41, 5.74) is 3.63. The number of phenolic OH excluding ortho intramolecular Hbond substituents is 1. The van der Waals surface area contributed by atoms with Crippen molar-refractivity contribution in [1.29, 1.82) is 0 Å². The van der Waals surface area contributed by atoms with Crippen LogP contribution in [0.2, 0.25) is 0 Å². The number of rotatable bonds is 5. The molecule has 94 valence electrons. The molecule has 2 rings (SSSR count). The molecule has 0 amide bonds. The van der Waals surface area contributed by atoms with Crippen LogP contribution < -0.4 is 10.2 Å².